The summed E-state index contributed by atoms with van der Waals surface area (Å²) in [6.07, 6.45) is 1.10. The lowest BCUT2D eigenvalue weighted by Gasteiger charge is -2.23. The van der Waals surface area contributed by atoms with Crippen LogP contribution in [0.1, 0.15) is 12.0 Å². The molecule has 13 heavy (non-hydrogen) atoms. The van der Waals surface area contributed by atoms with Crippen molar-refractivity contribution in [3.8, 4) is 5.75 Å². The van der Waals surface area contributed by atoms with Crippen molar-refractivity contribution in [1.29, 1.82) is 0 Å². The van der Waals surface area contributed by atoms with Gasteiger partial charge in [0.25, 0.3) is 5.91 Å². The lowest BCUT2D eigenvalue weighted by molar-refractivity contribution is -0.125. The largest absolute Gasteiger partial charge is 0.480 e. The second kappa shape index (κ2) is 3.09. The number of amides is 1. The van der Waals surface area contributed by atoms with Crippen LogP contribution in [0.15, 0.2) is 24.3 Å². The molecule has 0 aliphatic carbocycles. The van der Waals surface area contributed by atoms with Crippen LogP contribution in [0.4, 0.5) is 0 Å². The van der Waals surface area contributed by atoms with Crippen molar-refractivity contribution in [1.82, 2.24) is 0 Å². The van der Waals surface area contributed by atoms with Gasteiger partial charge in [-0.1, -0.05) is 18.2 Å². The molecule has 1 atom stereocenters. The van der Waals surface area contributed by atoms with Gasteiger partial charge in [0, 0.05) is 0 Å². The van der Waals surface area contributed by atoms with E-state index in [4.69, 9.17) is 10.5 Å². The highest BCUT2D eigenvalue weighted by Gasteiger charge is 2.23. The van der Waals surface area contributed by atoms with Crippen LogP contribution in [0.3, 0.4) is 0 Å². The Morgan fingerprint density at radius 1 is 1.46 bits per heavy atom. The summed E-state index contributed by atoms with van der Waals surface area (Å²) >= 11 is 0. The molecule has 1 aliphatic heterocycles. The number of ether oxygens (including phenoxy) is 1. The van der Waals surface area contributed by atoms with Crippen LogP contribution in [-0.4, -0.2) is 12.0 Å². The van der Waals surface area contributed by atoms with Crippen molar-refractivity contribution in [2.45, 2.75) is 18.9 Å². The zero-order chi connectivity index (χ0) is 9.26. The second-order valence-electron chi connectivity index (χ2n) is 3.16. The number of fused-ring (bicyclic) bond motifs is 1. The summed E-state index contributed by atoms with van der Waals surface area (Å²) in [6.45, 7) is 0. The number of carbonyl (C=O) groups excluding carboxylic acids is 1. The number of hydrogen-bond acceptors (Lipinski definition) is 2. The Morgan fingerprint density at radius 3 is 3.00 bits per heavy atom. The predicted molar refractivity (Wildman–Crippen MR) is 48.4 cm³/mol. The summed E-state index contributed by atoms with van der Waals surface area (Å²) in [5, 5.41) is 0. The molecule has 1 aliphatic rings. The second-order valence-corrected chi connectivity index (χ2v) is 3.16. The van der Waals surface area contributed by atoms with Gasteiger partial charge in [0.05, 0.1) is 0 Å². The van der Waals surface area contributed by atoms with Crippen LogP contribution >= 0.6 is 0 Å². The number of primary amides is 1. The first-order valence-electron chi connectivity index (χ1n) is 4.31. The molecule has 0 fully saturated rings. The van der Waals surface area contributed by atoms with Gasteiger partial charge in [-0.15, -0.1) is 0 Å². The standard InChI is InChI=1S/C10H11NO2/c11-10(12)9-6-5-7-3-1-2-4-8(7)13-9/h1-4,9H,5-6H2,(H2,11,12). The molecule has 1 aromatic carbocycles. The van der Waals surface area contributed by atoms with E-state index in [1.165, 1.54) is 0 Å². The van der Waals surface area contributed by atoms with Crippen molar-refractivity contribution in [3.63, 3.8) is 0 Å². The first-order chi connectivity index (χ1) is 6.27. The molecule has 2 rings (SSSR count). The third kappa shape index (κ3) is 1.49. The molecular weight excluding hydrogens is 166 g/mol. The molecule has 1 aromatic rings. The van der Waals surface area contributed by atoms with Gasteiger partial charge < -0.3 is 10.5 Å². The van der Waals surface area contributed by atoms with Crippen LogP contribution in [-0.2, 0) is 11.2 Å². The molecule has 0 saturated carbocycles. The molecule has 1 unspecified atom stereocenters. The molecule has 1 amide bonds. The SMILES string of the molecule is NC(=O)C1CCc2ccccc2O1. The average molecular weight is 177 g/mol. The number of nitrogens with two attached hydrogens (primary N) is 1. The lowest BCUT2D eigenvalue weighted by Crippen LogP contribution is -2.36. The fraction of sp³-hybridized carbons (Fsp3) is 0.300. The summed E-state index contributed by atoms with van der Waals surface area (Å²) in [7, 11) is 0. The Hall–Kier alpha value is -1.51. The lowest BCUT2D eigenvalue weighted by atomic mass is 10.0. The molecule has 0 spiro atoms. The minimum atomic E-state index is -0.449. The topological polar surface area (TPSA) is 52.3 Å². The fourth-order valence-corrected chi connectivity index (χ4v) is 1.52. The van der Waals surface area contributed by atoms with Crippen molar-refractivity contribution in [2.75, 3.05) is 0 Å². The number of hydrogen-bond donors (Lipinski definition) is 1. The Morgan fingerprint density at radius 2 is 2.23 bits per heavy atom. The fourth-order valence-electron chi connectivity index (χ4n) is 1.52. The summed E-state index contributed by atoms with van der Waals surface area (Å²) in [5.74, 6) is 0.409. The Labute approximate surface area is 76.5 Å². The van der Waals surface area contributed by atoms with Crippen LogP contribution < -0.4 is 10.5 Å². The zero-order valence-corrected chi connectivity index (χ0v) is 7.19. The van der Waals surface area contributed by atoms with E-state index in [1.807, 2.05) is 24.3 Å². The summed E-state index contributed by atoms with van der Waals surface area (Å²) in [6, 6.07) is 7.73. The van der Waals surface area contributed by atoms with Gasteiger partial charge in [0.15, 0.2) is 6.10 Å². The summed E-state index contributed by atoms with van der Waals surface area (Å²) in [4.78, 5) is 10.9. The van der Waals surface area contributed by atoms with E-state index >= 15 is 0 Å². The number of rotatable bonds is 1. The first-order valence-corrected chi connectivity index (χ1v) is 4.31. The highest BCUT2D eigenvalue weighted by atomic mass is 16.5. The zero-order valence-electron chi connectivity index (χ0n) is 7.19. The first kappa shape index (κ1) is 8.10. The monoisotopic (exact) mass is 177 g/mol. The van der Waals surface area contributed by atoms with E-state index in [0.29, 0.717) is 6.42 Å². The minimum absolute atomic E-state index is 0.380. The van der Waals surface area contributed by atoms with Gasteiger partial charge in [-0.2, -0.15) is 0 Å². The maximum absolute atomic E-state index is 10.9. The van der Waals surface area contributed by atoms with Crippen molar-refractivity contribution in [3.05, 3.63) is 29.8 Å². The number of para-hydroxylation sites is 1. The normalized spacial score (nSPS) is 20.2. The van der Waals surface area contributed by atoms with Crippen LogP contribution in [0.2, 0.25) is 0 Å². The van der Waals surface area contributed by atoms with E-state index in [2.05, 4.69) is 0 Å². The quantitative estimate of drug-likeness (QED) is 0.691. The maximum Gasteiger partial charge on any atom is 0.258 e. The van der Waals surface area contributed by atoms with Crippen LogP contribution in [0.5, 0.6) is 5.75 Å². The van der Waals surface area contributed by atoms with E-state index in [-0.39, 0.29) is 5.91 Å². The van der Waals surface area contributed by atoms with Gasteiger partial charge >= 0.3 is 0 Å². The van der Waals surface area contributed by atoms with Gasteiger partial charge in [0.2, 0.25) is 0 Å². The molecule has 68 valence electrons. The molecule has 1 heterocycles. The van der Waals surface area contributed by atoms with E-state index in [0.717, 1.165) is 17.7 Å². The summed E-state index contributed by atoms with van der Waals surface area (Å²) in [5.41, 5.74) is 6.31. The number of carbonyl (C=O) groups is 1. The molecule has 0 aromatic heterocycles. The van der Waals surface area contributed by atoms with Gasteiger partial charge in [0.1, 0.15) is 5.75 Å². The summed E-state index contributed by atoms with van der Waals surface area (Å²) < 4.78 is 5.42. The Bertz CT molecular complexity index is 335. The molecule has 0 bridgehead atoms. The van der Waals surface area contributed by atoms with Gasteiger partial charge in [-0.25, -0.2) is 0 Å². The predicted octanol–water partition coefficient (Wildman–Crippen LogP) is 0.865. The van der Waals surface area contributed by atoms with Crippen molar-refractivity contribution >= 4 is 5.91 Å². The van der Waals surface area contributed by atoms with Crippen LogP contribution in [0, 0.1) is 0 Å². The van der Waals surface area contributed by atoms with Crippen molar-refractivity contribution in [2.24, 2.45) is 5.73 Å². The van der Waals surface area contributed by atoms with E-state index in [9.17, 15) is 4.79 Å². The highest BCUT2D eigenvalue weighted by Crippen LogP contribution is 2.26. The number of benzene rings is 1. The van der Waals surface area contributed by atoms with E-state index < -0.39 is 6.10 Å². The highest BCUT2D eigenvalue weighted by molar-refractivity contribution is 5.79. The molecule has 3 nitrogen and oxygen atoms in total. The minimum Gasteiger partial charge on any atom is -0.480 e. The van der Waals surface area contributed by atoms with Crippen molar-refractivity contribution < 1.29 is 9.53 Å². The Balaban J connectivity index is 2.24. The van der Waals surface area contributed by atoms with Crippen LogP contribution in [0.25, 0.3) is 0 Å². The van der Waals surface area contributed by atoms with E-state index in [1.54, 1.807) is 0 Å². The maximum atomic E-state index is 10.9. The number of aryl methyl sites for hydroxylation is 1. The average Bonchev–Trinajstić information content (AvgIpc) is 2.17. The molecule has 0 saturated heterocycles. The Kier molecular flexibility index (Phi) is 1.93. The third-order valence-corrected chi connectivity index (χ3v) is 2.24. The molecule has 3 heteroatoms. The van der Waals surface area contributed by atoms with Gasteiger partial charge in [-0.3, -0.25) is 4.79 Å². The third-order valence-electron chi connectivity index (χ3n) is 2.24. The smallest absolute Gasteiger partial charge is 0.258 e. The molecule has 2 N–H and O–H groups in total. The van der Waals surface area contributed by atoms with Gasteiger partial charge in [-0.05, 0) is 24.5 Å². The molecular formula is C10H11NO2. The molecule has 0 radical (unpaired) electrons.